The predicted molar refractivity (Wildman–Crippen MR) is 147 cm³/mol. The van der Waals surface area contributed by atoms with Gasteiger partial charge in [0.25, 0.3) is 0 Å². The lowest BCUT2D eigenvalue weighted by Gasteiger charge is -2.05. The van der Waals surface area contributed by atoms with Gasteiger partial charge < -0.3 is 0 Å². The van der Waals surface area contributed by atoms with Gasteiger partial charge in [-0.05, 0) is 70.5 Å². The van der Waals surface area contributed by atoms with Crippen molar-refractivity contribution in [3.8, 4) is 0 Å². The Morgan fingerprint density at radius 3 is 1.47 bits per heavy atom. The number of thiophene rings is 2. The van der Waals surface area contributed by atoms with Crippen LogP contribution in [0.3, 0.4) is 0 Å². The summed E-state index contributed by atoms with van der Waals surface area (Å²) in [6, 6.07) is 23.6. The maximum Gasteiger partial charge on any atom is 0.0548 e. The molecule has 2 heteroatoms. The Kier molecular flexibility index (Phi) is 5.16. The van der Waals surface area contributed by atoms with Crippen molar-refractivity contribution in [2.45, 2.75) is 52.4 Å². The molecule has 0 fully saturated rings. The van der Waals surface area contributed by atoms with Gasteiger partial charge in [0.2, 0.25) is 0 Å². The fraction of sp³-hybridized carbons (Fsp3) is 0.267. The normalized spacial score (nSPS) is 12.2. The first kappa shape index (κ1) is 20.2. The van der Waals surface area contributed by atoms with Crippen LogP contribution in [-0.2, 0) is 12.8 Å². The first-order valence-corrected chi connectivity index (χ1v) is 13.6. The van der Waals surface area contributed by atoms with Crippen LogP contribution in [0.25, 0.3) is 51.1 Å². The van der Waals surface area contributed by atoms with Crippen molar-refractivity contribution < 1.29 is 0 Å². The second kappa shape index (κ2) is 8.17. The molecule has 4 aromatic carbocycles. The lowest BCUT2D eigenvalue weighted by molar-refractivity contribution is 0.796. The van der Waals surface area contributed by atoms with E-state index in [-0.39, 0.29) is 0 Å². The van der Waals surface area contributed by atoms with Crippen molar-refractivity contribution in [2.75, 3.05) is 0 Å². The van der Waals surface area contributed by atoms with Gasteiger partial charge >= 0.3 is 0 Å². The average Bonchev–Trinajstić information content (AvgIpc) is 3.37. The molecular weight excluding hydrogens is 424 g/mol. The Morgan fingerprint density at radius 2 is 1.03 bits per heavy atom. The van der Waals surface area contributed by atoms with E-state index in [4.69, 9.17) is 0 Å². The van der Waals surface area contributed by atoms with Crippen LogP contribution in [0.1, 0.15) is 50.7 Å². The van der Waals surface area contributed by atoms with Crippen LogP contribution < -0.4 is 0 Å². The van der Waals surface area contributed by atoms with Crippen molar-refractivity contribution in [3.05, 3.63) is 71.8 Å². The molecule has 2 heterocycles. The Labute approximate surface area is 197 Å². The van der Waals surface area contributed by atoms with E-state index >= 15 is 0 Å². The van der Waals surface area contributed by atoms with Crippen molar-refractivity contribution >= 4 is 73.8 Å². The van der Waals surface area contributed by atoms with E-state index in [0.717, 1.165) is 0 Å². The summed E-state index contributed by atoms with van der Waals surface area (Å²) in [6.45, 7) is 4.54. The molecule has 2 aromatic heterocycles. The topological polar surface area (TPSA) is 0 Å². The molecule has 0 nitrogen and oxygen atoms in total. The second-order valence-corrected chi connectivity index (χ2v) is 11.2. The zero-order chi connectivity index (χ0) is 21.7. The molecule has 0 amide bonds. The minimum absolute atomic E-state index is 1.18. The maximum absolute atomic E-state index is 2.41. The Balaban J connectivity index is 1.58. The number of fused-ring (bicyclic) bond motifs is 9. The number of aryl methyl sites for hydroxylation is 2. The smallest absolute Gasteiger partial charge is 0.0548 e. The van der Waals surface area contributed by atoms with E-state index in [9.17, 15) is 0 Å². The minimum Gasteiger partial charge on any atom is -0.134 e. The standard InChI is InChI=1S/C30H28S2/c1-3-5-7-19-9-13-23-21(17-19)11-15-25-27(23)29-30(31-25)28-24-14-10-20(8-6-4-2)18-22(24)12-16-26(28)32-29/h9-18H,3-8H2,1-2H3. The molecule has 6 rings (SSSR count). The molecule has 0 unspecified atom stereocenters. The van der Waals surface area contributed by atoms with Crippen molar-refractivity contribution in [1.29, 1.82) is 0 Å². The first-order chi connectivity index (χ1) is 15.8. The summed E-state index contributed by atoms with van der Waals surface area (Å²) in [6.07, 6.45) is 7.38. The number of hydrogen-bond donors (Lipinski definition) is 0. The van der Waals surface area contributed by atoms with Gasteiger partial charge in [0.15, 0.2) is 0 Å². The van der Waals surface area contributed by atoms with E-state index in [1.54, 1.807) is 0 Å². The Morgan fingerprint density at radius 1 is 0.562 bits per heavy atom. The predicted octanol–water partition coefficient (Wildman–Crippen LogP) is 10.3. The van der Waals surface area contributed by atoms with Gasteiger partial charge in [-0.3, -0.25) is 0 Å². The summed E-state index contributed by atoms with van der Waals surface area (Å²) in [5, 5.41) is 8.50. The van der Waals surface area contributed by atoms with Gasteiger partial charge in [0.1, 0.15) is 0 Å². The van der Waals surface area contributed by atoms with Crippen LogP contribution >= 0.6 is 22.7 Å². The summed E-state index contributed by atoms with van der Waals surface area (Å²) < 4.78 is 5.76. The molecule has 0 aliphatic rings. The fourth-order valence-corrected chi connectivity index (χ4v) is 7.82. The van der Waals surface area contributed by atoms with Gasteiger partial charge in [-0.1, -0.05) is 75.2 Å². The fourth-order valence-electron chi connectivity index (χ4n) is 5.07. The van der Waals surface area contributed by atoms with Crippen molar-refractivity contribution in [2.24, 2.45) is 0 Å². The lowest BCUT2D eigenvalue weighted by Crippen LogP contribution is -1.84. The van der Waals surface area contributed by atoms with Gasteiger partial charge in [0.05, 0.1) is 9.40 Å². The molecule has 0 atom stereocenters. The third-order valence-corrected chi connectivity index (χ3v) is 9.29. The van der Waals surface area contributed by atoms with Crippen LogP contribution in [0.15, 0.2) is 60.7 Å². The number of hydrogen-bond acceptors (Lipinski definition) is 2. The lowest BCUT2D eigenvalue weighted by atomic mass is 10.00. The zero-order valence-electron chi connectivity index (χ0n) is 18.8. The number of rotatable bonds is 6. The molecular formula is C30H28S2. The molecule has 0 spiro atoms. The van der Waals surface area contributed by atoms with Crippen LogP contribution in [0, 0.1) is 0 Å². The highest BCUT2D eigenvalue weighted by Crippen LogP contribution is 2.48. The highest BCUT2D eigenvalue weighted by atomic mass is 32.1. The maximum atomic E-state index is 2.41. The van der Waals surface area contributed by atoms with Gasteiger partial charge in [0, 0.05) is 20.2 Å². The largest absolute Gasteiger partial charge is 0.134 e. The summed E-state index contributed by atoms with van der Waals surface area (Å²) >= 11 is 3.95. The summed E-state index contributed by atoms with van der Waals surface area (Å²) in [5.41, 5.74) is 2.93. The van der Waals surface area contributed by atoms with Crippen LogP contribution in [0.2, 0.25) is 0 Å². The third-order valence-electron chi connectivity index (χ3n) is 6.81. The average molecular weight is 453 g/mol. The summed E-state index contributed by atoms with van der Waals surface area (Å²) in [5.74, 6) is 0. The molecule has 32 heavy (non-hydrogen) atoms. The molecule has 0 aliphatic carbocycles. The SMILES string of the molecule is CCCCc1ccc2c(ccc3sc4c(sc5ccc6cc(CCCC)ccc6c54)c32)c1. The van der Waals surface area contributed by atoms with Crippen LogP contribution in [-0.4, -0.2) is 0 Å². The first-order valence-electron chi connectivity index (χ1n) is 12.0. The van der Waals surface area contributed by atoms with Crippen LogP contribution in [0.4, 0.5) is 0 Å². The quantitative estimate of drug-likeness (QED) is 0.236. The zero-order valence-corrected chi connectivity index (χ0v) is 20.5. The van der Waals surface area contributed by atoms with E-state index in [2.05, 4.69) is 74.5 Å². The van der Waals surface area contributed by atoms with Crippen LogP contribution in [0.5, 0.6) is 0 Å². The van der Waals surface area contributed by atoms with E-state index in [1.165, 1.54) is 101 Å². The molecule has 0 saturated heterocycles. The van der Waals surface area contributed by atoms with E-state index < -0.39 is 0 Å². The van der Waals surface area contributed by atoms with Crippen molar-refractivity contribution in [1.82, 2.24) is 0 Å². The third kappa shape index (κ3) is 3.24. The highest BCUT2D eigenvalue weighted by molar-refractivity contribution is 7.37. The van der Waals surface area contributed by atoms with Crippen molar-refractivity contribution in [3.63, 3.8) is 0 Å². The minimum atomic E-state index is 1.18. The van der Waals surface area contributed by atoms with Gasteiger partial charge in [-0.15, -0.1) is 22.7 Å². The number of benzene rings is 4. The van der Waals surface area contributed by atoms with Gasteiger partial charge in [-0.25, -0.2) is 0 Å². The Hall–Kier alpha value is -2.42. The molecule has 0 radical (unpaired) electrons. The van der Waals surface area contributed by atoms with Gasteiger partial charge in [-0.2, -0.15) is 0 Å². The Bertz CT molecular complexity index is 1470. The summed E-state index contributed by atoms with van der Waals surface area (Å²) in [7, 11) is 0. The molecule has 0 N–H and O–H groups in total. The molecule has 0 aliphatic heterocycles. The van der Waals surface area contributed by atoms with E-state index in [1.807, 2.05) is 22.7 Å². The molecule has 6 aromatic rings. The van der Waals surface area contributed by atoms with E-state index in [0.29, 0.717) is 0 Å². The molecule has 0 bridgehead atoms. The number of unbranched alkanes of at least 4 members (excludes halogenated alkanes) is 2. The molecule has 160 valence electrons. The summed E-state index contributed by atoms with van der Waals surface area (Å²) in [4.78, 5) is 0. The monoisotopic (exact) mass is 452 g/mol. The molecule has 0 saturated carbocycles. The second-order valence-electron chi connectivity index (χ2n) is 9.06. The highest BCUT2D eigenvalue weighted by Gasteiger charge is 2.16.